The van der Waals surface area contributed by atoms with Gasteiger partial charge in [-0.1, -0.05) is 12.1 Å². The Hall–Kier alpha value is -2.47. The zero-order valence-corrected chi connectivity index (χ0v) is 14.7. The van der Waals surface area contributed by atoms with E-state index in [1.54, 1.807) is 12.3 Å². The Labute approximate surface area is 148 Å². The zero-order chi connectivity index (χ0) is 17.6. The number of hydrogen-bond acceptors (Lipinski definition) is 5. The van der Waals surface area contributed by atoms with Gasteiger partial charge in [0.25, 0.3) is 5.91 Å². The number of anilines is 2. The molecule has 1 unspecified atom stereocenters. The van der Waals surface area contributed by atoms with Crippen LogP contribution in [0, 0.1) is 6.92 Å². The van der Waals surface area contributed by atoms with Crippen LogP contribution in [0.5, 0.6) is 0 Å². The highest BCUT2D eigenvalue weighted by Gasteiger charge is 2.18. The molecule has 6 nitrogen and oxygen atoms in total. The highest BCUT2D eigenvalue weighted by atomic mass is 16.5. The molecular weight excluding hydrogens is 316 g/mol. The average Bonchev–Trinajstić information content (AvgIpc) is 3.14. The SMILES string of the molecule is CCN(c1cccc(C)c1)c1nccc(C(=O)NCC2CCCO2)n1. The molecule has 6 heteroatoms. The Morgan fingerprint density at radius 1 is 1.40 bits per heavy atom. The van der Waals surface area contributed by atoms with Gasteiger partial charge in [0.2, 0.25) is 5.95 Å². The third-order valence-corrected chi connectivity index (χ3v) is 4.26. The van der Waals surface area contributed by atoms with Gasteiger partial charge < -0.3 is 15.0 Å². The summed E-state index contributed by atoms with van der Waals surface area (Å²) >= 11 is 0. The summed E-state index contributed by atoms with van der Waals surface area (Å²) in [6, 6.07) is 9.79. The number of hydrogen-bond donors (Lipinski definition) is 1. The summed E-state index contributed by atoms with van der Waals surface area (Å²) in [5.41, 5.74) is 2.55. The number of ether oxygens (including phenoxy) is 1. The first-order valence-corrected chi connectivity index (χ1v) is 8.74. The van der Waals surface area contributed by atoms with Crippen molar-refractivity contribution in [3.63, 3.8) is 0 Å². The number of aromatic nitrogens is 2. The van der Waals surface area contributed by atoms with Crippen molar-refractivity contribution < 1.29 is 9.53 Å². The van der Waals surface area contributed by atoms with Crippen LogP contribution in [-0.4, -0.2) is 41.7 Å². The van der Waals surface area contributed by atoms with E-state index in [1.807, 2.05) is 36.9 Å². The van der Waals surface area contributed by atoms with E-state index in [0.717, 1.165) is 25.1 Å². The number of nitrogens with one attached hydrogen (secondary N) is 1. The fraction of sp³-hybridized carbons (Fsp3) is 0.421. The predicted molar refractivity (Wildman–Crippen MR) is 97.2 cm³/mol. The quantitative estimate of drug-likeness (QED) is 0.876. The summed E-state index contributed by atoms with van der Waals surface area (Å²) in [6.45, 7) is 6.10. The second-order valence-corrected chi connectivity index (χ2v) is 6.17. The van der Waals surface area contributed by atoms with Crippen molar-refractivity contribution in [3.05, 3.63) is 47.8 Å². The summed E-state index contributed by atoms with van der Waals surface area (Å²) in [5.74, 6) is 0.331. The molecule has 1 atom stereocenters. The maximum absolute atomic E-state index is 12.4. The lowest BCUT2D eigenvalue weighted by Gasteiger charge is -2.21. The minimum Gasteiger partial charge on any atom is -0.376 e. The van der Waals surface area contributed by atoms with E-state index in [-0.39, 0.29) is 12.0 Å². The number of rotatable bonds is 6. The molecule has 1 aromatic heterocycles. The normalized spacial score (nSPS) is 16.6. The zero-order valence-electron chi connectivity index (χ0n) is 14.7. The molecule has 132 valence electrons. The van der Waals surface area contributed by atoms with Crippen molar-refractivity contribution in [1.82, 2.24) is 15.3 Å². The average molecular weight is 340 g/mol. The number of aryl methyl sites for hydroxylation is 1. The topological polar surface area (TPSA) is 67.4 Å². The Kier molecular flexibility index (Phi) is 5.60. The first-order chi connectivity index (χ1) is 12.2. The largest absolute Gasteiger partial charge is 0.376 e. The molecule has 1 amide bonds. The van der Waals surface area contributed by atoms with Gasteiger partial charge in [0.1, 0.15) is 5.69 Å². The molecule has 3 rings (SSSR count). The maximum Gasteiger partial charge on any atom is 0.270 e. The van der Waals surface area contributed by atoms with Crippen LogP contribution in [0.25, 0.3) is 0 Å². The van der Waals surface area contributed by atoms with Gasteiger partial charge in [-0.25, -0.2) is 9.97 Å². The van der Waals surface area contributed by atoms with Crippen LogP contribution in [-0.2, 0) is 4.74 Å². The monoisotopic (exact) mass is 340 g/mol. The fourth-order valence-corrected chi connectivity index (χ4v) is 2.94. The first-order valence-electron chi connectivity index (χ1n) is 8.74. The highest BCUT2D eigenvalue weighted by molar-refractivity contribution is 5.92. The molecule has 0 radical (unpaired) electrons. The molecule has 1 saturated heterocycles. The number of amides is 1. The number of carbonyl (C=O) groups is 1. The minimum absolute atomic E-state index is 0.115. The third kappa shape index (κ3) is 4.33. The Balaban J connectivity index is 1.74. The second kappa shape index (κ2) is 8.07. The smallest absolute Gasteiger partial charge is 0.270 e. The van der Waals surface area contributed by atoms with Gasteiger partial charge in [-0.3, -0.25) is 4.79 Å². The van der Waals surface area contributed by atoms with Gasteiger partial charge in [0.05, 0.1) is 6.10 Å². The van der Waals surface area contributed by atoms with Crippen molar-refractivity contribution >= 4 is 17.5 Å². The van der Waals surface area contributed by atoms with E-state index >= 15 is 0 Å². The van der Waals surface area contributed by atoms with Gasteiger partial charge in [0.15, 0.2) is 0 Å². The Morgan fingerprint density at radius 2 is 2.28 bits per heavy atom. The molecular formula is C19H24N4O2. The third-order valence-electron chi connectivity index (χ3n) is 4.26. The van der Waals surface area contributed by atoms with Crippen LogP contribution >= 0.6 is 0 Å². The van der Waals surface area contributed by atoms with E-state index in [9.17, 15) is 4.79 Å². The van der Waals surface area contributed by atoms with Crippen LogP contribution in [0.2, 0.25) is 0 Å². The van der Waals surface area contributed by atoms with Crippen molar-refractivity contribution in [1.29, 1.82) is 0 Å². The molecule has 0 bridgehead atoms. The first kappa shape index (κ1) is 17.4. The predicted octanol–water partition coefficient (Wildman–Crippen LogP) is 2.85. The summed E-state index contributed by atoms with van der Waals surface area (Å²) in [5, 5.41) is 2.90. The summed E-state index contributed by atoms with van der Waals surface area (Å²) < 4.78 is 5.53. The molecule has 1 fully saturated rings. The lowest BCUT2D eigenvalue weighted by molar-refractivity contribution is 0.0853. The highest BCUT2D eigenvalue weighted by Crippen LogP contribution is 2.22. The molecule has 0 aliphatic carbocycles. The van der Waals surface area contributed by atoms with E-state index in [2.05, 4.69) is 21.4 Å². The van der Waals surface area contributed by atoms with Gasteiger partial charge in [-0.2, -0.15) is 0 Å². The molecule has 2 aromatic rings. The minimum atomic E-state index is -0.195. The summed E-state index contributed by atoms with van der Waals surface area (Å²) in [4.78, 5) is 23.2. The molecule has 1 aromatic carbocycles. The van der Waals surface area contributed by atoms with E-state index in [0.29, 0.717) is 24.7 Å². The Morgan fingerprint density at radius 3 is 3.00 bits per heavy atom. The van der Waals surface area contributed by atoms with E-state index < -0.39 is 0 Å². The van der Waals surface area contributed by atoms with Crippen LogP contribution in [0.4, 0.5) is 11.6 Å². The lowest BCUT2D eigenvalue weighted by Crippen LogP contribution is -2.32. The number of benzene rings is 1. The van der Waals surface area contributed by atoms with Gasteiger partial charge in [0, 0.05) is 31.6 Å². The van der Waals surface area contributed by atoms with Crippen LogP contribution < -0.4 is 10.2 Å². The summed E-state index contributed by atoms with van der Waals surface area (Å²) in [6.07, 6.45) is 3.79. The molecule has 25 heavy (non-hydrogen) atoms. The van der Waals surface area contributed by atoms with Gasteiger partial charge >= 0.3 is 0 Å². The van der Waals surface area contributed by atoms with E-state index in [1.165, 1.54) is 5.56 Å². The molecule has 0 saturated carbocycles. The maximum atomic E-state index is 12.4. The lowest BCUT2D eigenvalue weighted by atomic mass is 10.2. The fourth-order valence-electron chi connectivity index (χ4n) is 2.94. The second-order valence-electron chi connectivity index (χ2n) is 6.17. The summed E-state index contributed by atoms with van der Waals surface area (Å²) in [7, 11) is 0. The molecule has 1 aliphatic heterocycles. The van der Waals surface area contributed by atoms with Crippen LogP contribution in [0.1, 0.15) is 35.8 Å². The molecule has 1 N–H and O–H groups in total. The van der Waals surface area contributed by atoms with Crippen molar-refractivity contribution in [2.24, 2.45) is 0 Å². The molecule has 1 aliphatic rings. The van der Waals surface area contributed by atoms with Crippen molar-refractivity contribution in [3.8, 4) is 0 Å². The van der Waals surface area contributed by atoms with Gasteiger partial charge in [-0.15, -0.1) is 0 Å². The van der Waals surface area contributed by atoms with E-state index in [4.69, 9.17) is 4.74 Å². The van der Waals surface area contributed by atoms with Crippen LogP contribution in [0.3, 0.4) is 0 Å². The standard InChI is InChI=1S/C19H24N4O2/c1-3-23(15-7-4-6-14(2)12-15)19-20-10-9-17(22-19)18(24)21-13-16-8-5-11-25-16/h4,6-7,9-10,12,16H,3,5,8,11,13H2,1-2H3,(H,21,24). The van der Waals surface area contributed by atoms with Crippen molar-refractivity contribution in [2.45, 2.75) is 32.8 Å². The number of nitrogens with zero attached hydrogens (tertiary/aromatic N) is 3. The van der Waals surface area contributed by atoms with Crippen molar-refractivity contribution in [2.75, 3.05) is 24.6 Å². The molecule has 2 heterocycles. The Bertz CT molecular complexity index is 729. The number of carbonyl (C=O) groups excluding carboxylic acids is 1. The van der Waals surface area contributed by atoms with Gasteiger partial charge in [-0.05, 0) is 50.5 Å². The molecule has 0 spiro atoms. The van der Waals surface area contributed by atoms with Crippen LogP contribution in [0.15, 0.2) is 36.5 Å².